The highest BCUT2D eigenvalue weighted by Gasteiger charge is 2.35. The first-order chi connectivity index (χ1) is 16.0. The molecule has 6 nitrogen and oxygen atoms in total. The molecule has 7 heteroatoms. The Kier molecular flexibility index (Phi) is 22.8. The molecule has 2 fully saturated rings. The van der Waals surface area contributed by atoms with Crippen LogP contribution in [0.3, 0.4) is 0 Å². The number of alkyl halides is 1. The quantitative estimate of drug-likeness (QED) is 0.285. The van der Waals surface area contributed by atoms with Crippen molar-refractivity contribution in [1.29, 1.82) is 5.41 Å². The number of aromatic nitrogens is 2. The number of halogens is 1. The molecule has 0 radical (unpaired) electrons. The van der Waals surface area contributed by atoms with Crippen molar-refractivity contribution in [3.8, 4) is 12.8 Å². The van der Waals surface area contributed by atoms with Crippen molar-refractivity contribution in [2.75, 3.05) is 6.54 Å². The molecular formula is C27H52FN5O. The number of hydrogen-bond acceptors (Lipinski definition) is 4. The zero-order chi connectivity index (χ0) is 27.3. The van der Waals surface area contributed by atoms with Gasteiger partial charge in [-0.05, 0) is 71.6 Å². The summed E-state index contributed by atoms with van der Waals surface area (Å²) in [6.07, 6.45) is 14.7. The highest BCUT2D eigenvalue weighted by molar-refractivity contribution is 5.76. The topological polar surface area (TPSA) is 108 Å². The van der Waals surface area contributed by atoms with Crippen LogP contribution in [-0.2, 0) is 4.79 Å². The van der Waals surface area contributed by atoms with Gasteiger partial charge in [0.2, 0.25) is 5.91 Å². The Hall–Kier alpha value is -2.20. The highest BCUT2D eigenvalue weighted by Crippen LogP contribution is 2.39. The second-order valence-corrected chi connectivity index (χ2v) is 8.67. The zero-order valence-electron chi connectivity index (χ0n) is 23.2. The number of piperidine rings is 1. The van der Waals surface area contributed by atoms with Crippen LogP contribution in [0.2, 0.25) is 0 Å². The van der Waals surface area contributed by atoms with E-state index in [2.05, 4.69) is 35.1 Å². The number of aromatic amines is 1. The van der Waals surface area contributed by atoms with Crippen LogP contribution < -0.4 is 11.1 Å². The lowest BCUT2D eigenvalue weighted by Crippen LogP contribution is -2.33. The van der Waals surface area contributed by atoms with Crippen LogP contribution in [0.5, 0.6) is 0 Å². The molecule has 3 unspecified atom stereocenters. The maximum absolute atomic E-state index is 13.9. The Morgan fingerprint density at radius 1 is 1.26 bits per heavy atom. The summed E-state index contributed by atoms with van der Waals surface area (Å²) in [6.45, 7) is 18.1. The van der Waals surface area contributed by atoms with Crippen molar-refractivity contribution in [2.45, 2.75) is 113 Å². The molecule has 5 N–H and O–H groups in total. The SMILES string of the molecule is C#C.CC.CC.CC(C)=N.CC1CCC(=O)NC1.Cc1ncc(C(N)[C@H]2CCCC(C)(F)C2)[nH]1. The predicted octanol–water partition coefficient (Wildman–Crippen LogP) is 6.52. The summed E-state index contributed by atoms with van der Waals surface area (Å²) in [5.41, 5.74) is 6.72. The van der Waals surface area contributed by atoms with E-state index in [1.807, 2.05) is 34.6 Å². The predicted molar refractivity (Wildman–Crippen MR) is 145 cm³/mol. The maximum Gasteiger partial charge on any atom is 0.220 e. The summed E-state index contributed by atoms with van der Waals surface area (Å²) in [6, 6.07) is -0.114. The molecule has 1 aliphatic carbocycles. The average Bonchev–Trinajstić information content (AvgIpc) is 3.25. The third-order valence-corrected chi connectivity index (χ3v) is 5.06. The van der Waals surface area contributed by atoms with Crippen LogP contribution in [0, 0.1) is 37.0 Å². The van der Waals surface area contributed by atoms with E-state index in [4.69, 9.17) is 11.1 Å². The van der Waals surface area contributed by atoms with E-state index in [0.29, 0.717) is 24.5 Å². The van der Waals surface area contributed by atoms with Crippen LogP contribution in [0.15, 0.2) is 6.20 Å². The fraction of sp³-hybridized carbons (Fsp3) is 0.741. The molecule has 1 saturated heterocycles. The lowest BCUT2D eigenvalue weighted by molar-refractivity contribution is -0.122. The molecule has 0 aromatic carbocycles. The molecular weight excluding hydrogens is 429 g/mol. The molecule has 2 heterocycles. The number of nitrogens with zero attached hydrogens (tertiary/aromatic N) is 1. The number of amides is 1. The van der Waals surface area contributed by atoms with Gasteiger partial charge in [-0.1, -0.05) is 34.6 Å². The third kappa shape index (κ3) is 18.3. The van der Waals surface area contributed by atoms with Gasteiger partial charge in [0.1, 0.15) is 11.5 Å². The largest absolute Gasteiger partial charge is 0.356 e. The van der Waals surface area contributed by atoms with E-state index in [1.54, 1.807) is 27.0 Å². The Balaban J connectivity index is -0.000000448. The van der Waals surface area contributed by atoms with E-state index >= 15 is 0 Å². The highest BCUT2D eigenvalue weighted by atomic mass is 19.1. The second-order valence-electron chi connectivity index (χ2n) is 8.67. The fourth-order valence-electron chi connectivity index (χ4n) is 3.51. The standard InChI is InChI=1S/C12H20FN3.C6H11NO.C3H7N.2C2H6.C2H2/c1-8-15-7-10(16-8)11(14)9-4-3-5-12(2,13)6-9;1-5-2-3-6(8)7-4-5;1-3(2)4;3*1-2/h7,9,11H,3-6,14H2,1-2H3,(H,15,16);5H,2-4H2,1H3,(H,7,8);4H,1-2H3;2*1-2H3;1-2H/t9-,11?,12?;;;;;/m0...../s1. The molecule has 0 spiro atoms. The number of carbonyl (C=O) groups excluding carboxylic acids is 1. The minimum absolute atomic E-state index is 0.114. The van der Waals surface area contributed by atoms with Crippen LogP contribution in [-0.4, -0.2) is 33.8 Å². The first-order valence-electron chi connectivity index (χ1n) is 12.6. The van der Waals surface area contributed by atoms with Gasteiger partial charge >= 0.3 is 0 Å². The van der Waals surface area contributed by atoms with Gasteiger partial charge < -0.3 is 21.4 Å². The molecule has 4 atom stereocenters. The second kappa shape index (κ2) is 21.3. The van der Waals surface area contributed by atoms with Gasteiger partial charge in [0.05, 0.1) is 5.69 Å². The summed E-state index contributed by atoms with van der Waals surface area (Å²) in [5, 5.41) is 9.29. The summed E-state index contributed by atoms with van der Waals surface area (Å²) < 4.78 is 13.9. The molecule has 3 rings (SSSR count). The fourth-order valence-corrected chi connectivity index (χ4v) is 3.51. The van der Waals surface area contributed by atoms with Crippen LogP contribution >= 0.6 is 0 Å². The summed E-state index contributed by atoms with van der Waals surface area (Å²) in [5.74, 6) is 1.99. The van der Waals surface area contributed by atoms with Crippen LogP contribution in [0.1, 0.15) is 111 Å². The van der Waals surface area contributed by atoms with Gasteiger partial charge in [0, 0.05) is 30.9 Å². The van der Waals surface area contributed by atoms with Crippen LogP contribution in [0.25, 0.3) is 0 Å². The first-order valence-corrected chi connectivity index (χ1v) is 12.6. The lowest BCUT2D eigenvalue weighted by atomic mass is 9.76. The molecule has 198 valence electrons. The van der Waals surface area contributed by atoms with E-state index in [0.717, 1.165) is 43.7 Å². The van der Waals surface area contributed by atoms with Gasteiger partial charge in [-0.3, -0.25) is 4.79 Å². The van der Waals surface area contributed by atoms with Gasteiger partial charge in [0.15, 0.2) is 0 Å². The summed E-state index contributed by atoms with van der Waals surface area (Å²) >= 11 is 0. The third-order valence-electron chi connectivity index (χ3n) is 5.06. The number of nitrogens with two attached hydrogens (primary N) is 1. The van der Waals surface area contributed by atoms with Crippen molar-refractivity contribution >= 4 is 11.6 Å². The van der Waals surface area contributed by atoms with E-state index in [-0.39, 0.29) is 17.9 Å². The molecule has 1 aromatic heterocycles. The summed E-state index contributed by atoms with van der Waals surface area (Å²) in [4.78, 5) is 17.8. The van der Waals surface area contributed by atoms with Gasteiger partial charge in [-0.2, -0.15) is 0 Å². The Labute approximate surface area is 209 Å². The molecule has 34 heavy (non-hydrogen) atoms. The molecule has 2 aliphatic rings. The number of nitrogens with one attached hydrogen (secondary N) is 3. The molecule has 1 aliphatic heterocycles. The number of imidazole rings is 1. The number of rotatable bonds is 2. The average molecular weight is 482 g/mol. The van der Waals surface area contributed by atoms with Crippen molar-refractivity contribution in [2.24, 2.45) is 17.6 Å². The van der Waals surface area contributed by atoms with Crippen LogP contribution in [0.4, 0.5) is 4.39 Å². The Bertz CT molecular complexity index is 655. The Morgan fingerprint density at radius 3 is 2.15 bits per heavy atom. The van der Waals surface area contributed by atoms with Crippen molar-refractivity contribution in [3.05, 3.63) is 17.7 Å². The minimum Gasteiger partial charge on any atom is -0.356 e. The zero-order valence-corrected chi connectivity index (χ0v) is 23.2. The smallest absolute Gasteiger partial charge is 0.220 e. The van der Waals surface area contributed by atoms with Crippen molar-refractivity contribution in [1.82, 2.24) is 15.3 Å². The first kappa shape index (κ1) is 36.4. The number of hydrogen-bond donors (Lipinski definition) is 4. The summed E-state index contributed by atoms with van der Waals surface area (Å²) in [7, 11) is 0. The van der Waals surface area contributed by atoms with E-state index < -0.39 is 5.67 Å². The van der Waals surface area contributed by atoms with Gasteiger partial charge in [0.25, 0.3) is 0 Å². The lowest BCUT2D eigenvalue weighted by Gasteiger charge is -2.34. The molecule has 0 bridgehead atoms. The maximum atomic E-state index is 13.9. The number of terminal acetylenes is 1. The monoisotopic (exact) mass is 481 g/mol. The number of H-pyrrole nitrogens is 1. The normalized spacial score (nSPS) is 23.5. The number of carbonyl (C=O) groups is 1. The number of aryl methyl sites for hydroxylation is 1. The minimum atomic E-state index is -1.05. The van der Waals surface area contributed by atoms with Crippen molar-refractivity contribution < 1.29 is 9.18 Å². The molecule has 1 saturated carbocycles. The molecule has 1 amide bonds. The van der Waals surface area contributed by atoms with Gasteiger partial charge in [-0.25, -0.2) is 9.37 Å². The van der Waals surface area contributed by atoms with E-state index in [9.17, 15) is 9.18 Å². The van der Waals surface area contributed by atoms with Gasteiger partial charge in [-0.15, -0.1) is 12.8 Å². The van der Waals surface area contributed by atoms with E-state index in [1.165, 1.54) is 0 Å². The molecule has 1 aromatic rings. The Morgan fingerprint density at radius 2 is 1.79 bits per heavy atom. The van der Waals surface area contributed by atoms with Crippen molar-refractivity contribution in [3.63, 3.8) is 0 Å².